The van der Waals surface area contributed by atoms with Gasteiger partial charge in [0.05, 0.1) is 25.4 Å². The number of aliphatic hydroxyl groups is 1. The van der Waals surface area contributed by atoms with Crippen molar-refractivity contribution in [3.63, 3.8) is 0 Å². The summed E-state index contributed by atoms with van der Waals surface area (Å²) in [6.07, 6.45) is 1.71. The lowest BCUT2D eigenvalue weighted by molar-refractivity contribution is -0.0519. The fraction of sp³-hybridized carbons (Fsp3) is 0.412. The van der Waals surface area contributed by atoms with Crippen molar-refractivity contribution in [3.05, 3.63) is 42.2 Å². The fourth-order valence-corrected chi connectivity index (χ4v) is 3.00. The second-order valence-corrected chi connectivity index (χ2v) is 6.16. The molecule has 24 heavy (non-hydrogen) atoms. The highest BCUT2D eigenvalue weighted by Gasteiger charge is 2.43. The molecule has 1 saturated carbocycles. The number of ether oxygens (including phenoxy) is 1. The number of nitrogen functional groups attached to an aromatic ring is 2. The van der Waals surface area contributed by atoms with Crippen LogP contribution in [0.3, 0.4) is 0 Å². The number of nitrogens with two attached hydrogens (primary N) is 2. The lowest BCUT2D eigenvalue weighted by Gasteiger charge is -2.46. The van der Waals surface area contributed by atoms with E-state index in [4.69, 9.17) is 16.2 Å². The van der Waals surface area contributed by atoms with Crippen molar-refractivity contribution < 1.29 is 9.84 Å². The maximum Gasteiger partial charge on any atom is 0.157 e. The lowest BCUT2D eigenvalue weighted by Crippen LogP contribution is -2.57. The summed E-state index contributed by atoms with van der Waals surface area (Å²) in [5, 5.41) is 10.4. The molecule has 0 saturated heterocycles. The molecule has 0 aliphatic heterocycles. The summed E-state index contributed by atoms with van der Waals surface area (Å²) >= 11 is 0. The van der Waals surface area contributed by atoms with Crippen LogP contribution < -0.4 is 16.4 Å². The molecule has 1 aromatic heterocycles. The number of aromatic nitrogens is 2. The number of hydrogen-bond acceptors (Lipinski definition) is 7. The van der Waals surface area contributed by atoms with Crippen LogP contribution in [0.1, 0.15) is 12.0 Å². The molecule has 1 heterocycles. The van der Waals surface area contributed by atoms with Crippen molar-refractivity contribution in [2.75, 3.05) is 30.0 Å². The molecule has 0 radical (unpaired) electrons. The zero-order valence-corrected chi connectivity index (χ0v) is 13.7. The zero-order chi connectivity index (χ0) is 17.1. The largest absolute Gasteiger partial charge is 0.393 e. The molecule has 7 nitrogen and oxygen atoms in total. The van der Waals surface area contributed by atoms with Gasteiger partial charge in [0.1, 0.15) is 12.0 Å². The number of benzene rings is 1. The van der Waals surface area contributed by atoms with Gasteiger partial charge in [-0.3, -0.25) is 0 Å². The summed E-state index contributed by atoms with van der Waals surface area (Å²) in [4.78, 5) is 9.90. The SMILES string of the molecule is CN(c1ncnc(N)c1N)C1CC(COCc2ccccc2)C1O. The van der Waals surface area contributed by atoms with E-state index in [2.05, 4.69) is 9.97 Å². The lowest BCUT2D eigenvalue weighted by atomic mass is 9.76. The molecule has 1 aliphatic carbocycles. The van der Waals surface area contributed by atoms with Crippen LogP contribution in [-0.2, 0) is 11.3 Å². The van der Waals surface area contributed by atoms with Crippen molar-refractivity contribution in [1.82, 2.24) is 9.97 Å². The number of rotatable bonds is 6. The van der Waals surface area contributed by atoms with Gasteiger partial charge in [-0.1, -0.05) is 30.3 Å². The van der Waals surface area contributed by atoms with Crippen LogP contribution in [0, 0.1) is 5.92 Å². The summed E-state index contributed by atoms with van der Waals surface area (Å²) in [6.45, 7) is 1.09. The highest BCUT2D eigenvalue weighted by atomic mass is 16.5. The van der Waals surface area contributed by atoms with Crippen LogP contribution in [0.5, 0.6) is 0 Å². The summed E-state index contributed by atoms with van der Waals surface area (Å²) < 4.78 is 5.72. The van der Waals surface area contributed by atoms with Gasteiger partial charge in [-0.2, -0.15) is 0 Å². The number of aliphatic hydroxyl groups excluding tert-OH is 1. The van der Waals surface area contributed by atoms with Gasteiger partial charge in [-0.25, -0.2) is 9.97 Å². The Labute approximate surface area is 141 Å². The van der Waals surface area contributed by atoms with Crippen molar-refractivity contribution >= 4 is 17.3 Å². The molecule has 1 aliphatic rings. The topological polar surface area (TPSA) is 111 Å². The molecule has 3 unspecified atom stereocenters. The first-order chi connectivity index (χ1) is 11.6. The second kappa shape index (κ2) is 7.02. The van der Waals surface area contributed by atoms with Crippen molar-refractivity contribution in [3.8, 4) is 0 Å². The second-order valence-electron chi connectivity index (χ2n) is 6.16. The van der Waals surface area contributed by atoms with Gasteiger partial charge in [0.25, 0.3) is 0 Å². The van der Waals surface area contributed by atoms with Gasteiger partial charge in [0.15, 0.2) is 11.6 Å². The first kappa shape index (κ1) is 16.5. The summed E-state index contributed by atoms with van der Waals surface area (Å²) in [5.41, 5.74) is 13.1. The average molecular weight is 329 g/mol. The summed E-state index contributed by atoms with van der Waals surface area (Å²) in [7, 11) is 1.85. The van der Waals surface area contributed by atoms with Gasteiger partial charge in [-0.05, 0) is 12.0 Å². The molecular weight excluding hydrogens is 306 g/mol. The maximum absolute atomic E-state index is 10.4. The van der Waals surface area contributed by atoms with E-state index in [1.807, 2.05) is 42.3 Å². The molecule has 0 amide bonds. The van der Waals surface area contributed by atoms with E-state index >= 15 is 0 Å². The molecule has 1 fully saturated rings. The van der Waals surface area contributed by atoms with Gasteiger partial charge < -0.3 is 26.2 Å². The number of anilines is 3. The minimum atomic E-state index is -0.485. The van der Waals surface area contributed by atoms with E-state index in [1.54, 1.807) is 0 Å². The minimum Gasteiger partial charge on any atom is -0.393 e. The fourth-order valence-electron chi connectivity index (χ4n) is 3.00. The molecule has 3 atom stereocenters. The Morgan fingerprint density at radius 3 is 2.71 bits per heavy atom. The molecular formula is C17H23N5O2. The Morgan fingerprint density at radius 2 is 2.00 bits per heavy atom. The van der Waals surface area contributed by atoms with Crippen LogP contribution >= 0.6 is 0 Å². The van der Waals surface area contributed by atoms with E-state index < -0.39 is 6.10 Å². The van der Waals surface area contributed by atoms with Crippen LogP contribution in [0.25, 0.3) is 0 Å². The Bertz CT molecular complexity index is 682. The quantitative estimate of drug-likeness (QED) is 0.726. The van der Waals surface area contributed by atoms with Gasteiger partial charge >= 0.3 is 0 Å². The predicted octanol–water partition coefficient (Wildman–Crippen LogP) is 1.04. The van der Waals surface area contributed by atoms with Crippen molar-refractivity contribution in [2.24, 2.45) is 5.92 Å². The third kappa shape index (κ3) is 3.27. The van der Waals surface area contributed by atoms with Crippen molar-refractivity contribution in [2.45, 2.75) is 25.2 Å². The standard InChI is InChI=1S/C17H23N5O2/c1-22(17-14(18)16(19)20-10-21-17)13-7-12(15(13)23)9-24-8-11-5-3-2-4-6-11/h2-6,10,12-13,15,23H,7-9,18H2,1H3,(H2,19,20,21). The van der Waals surface area contributed by atoms with Gasteiger partial charge in [-0.15, -0.1) is 0 Å². The van der Waals surface area contributed by atoms with E-state index in [9.17, 15) is 5.11 Å². The van der Waals surface area contributed by atoms with Gasteiger partial charge in [0.2, 0.25) is 0 Å². The minimum absolute atomic E-state index is 0.0491. The predicted molar refractivity (Wildman–Crippen MR) is 93.3 cm³/mol. The smallest absolute Gasteiger partial charge is 0.157 e. The number of nitrogens with zero attached hydrogens (tertiary/aromatic N) is 3. The molecule has 0 spiro atoms. The Hall–Kier alpha value is -2.38. The maximum atomic E-state index is 10.4. The van der Waals surface area contributed by atoms with E-state index in [1.165, 1.54) is 6.33 Å². The highest BCUT2D eigenvalue weighted by Crippen LogP contribution is 2.36. The van der Waals surface area contributed by atoms with E-state index in [-0.39, 0.29) is 17.8 Å². The van der Waals surface area contributed by atoms with Crippen molar-refractivity contribution in [1.29, 1.82) is 0 Å². The zero-order valence-electron chi connectivity index (χ0n) is 13.7. The third-order valence-electron chi connectivity index (χ3n) is 4.59. The molecule has 1 aromatic carbocycles. The first-order valence-corrected chi connectivity index (χ1v) is 7.96. The number of hydrogen-bond donors (Lipinski definition) is 3. The normalized spacial score (nSPS) is 22.8. The monoisotopic (exact) mass is 329 g/mol. The first-order valence-electron chi connectivity index (χ1n) is 7.96. The molecule has 128 valence electrons. The van der Waals surface area contributed by atoms with E-state index in [0.717, 1.165) is 12.0 Å². The summed E-state index contributed by atoms with van der Waals surface area (Å²) in [5.74, 6) is 0.917. The number of likely N-dealkylation sites (N-methyl/N-ethyl adjacent to an activating group) is 1. The van der Waals surface area contributed by atoms with Crippen LogP contribution in [0.4, 0.5) is 17.3 Å². The van der Waals surface area contributed by atoms with Crippen LogP contribution in [0.15, 0.2) is 36.7 Å². The molecule has 2 aromatic rings. The third-order valence-corrected chi connectivity index (χ3v) is 4.59. The van der Waals surface area contributed by atoms with Gasteiger partial charge in [0, 0.05) is 13.0 Å². The molecule has 5 N–H and O–H groups in total. The Kier molecular flexibility index (Phi) is 4.82. The Balaban J connectivity index is 1.51. The highest BCUT2D eigenvalue weighted by molar-refractivity contribution is 5.73. The molecule has 3 rings (SSSR count). The summed E-state index contributed by atoms with van der Waals surface area (Å²) in [6, 6.07) is 9.95. The van der Waals surface area contributed by atoms with E-state index in [0.29, 0.717) is 24.7 Å². The average Bonchev–Trinajstić information content (AvgIpc) is 2.60. The van der Waals surface area contributed by atoms with Crippen LogP contribution in [0.2, 0.25) is 0 Å². The Morgan fingerprint density at radius 1 is 1.25 bits per heavy atom. The molecule has 0 bridgehead atoms. The molecule has 7 heteroatoms. The van der Waals surface area contributed by atoms with Crippen LogP contribution in [-0.4, -0.2) is 40.9 Å².